The molecule has 0 unspecified atom stereocenters. The number of halogens is 1. The molecule has 2 aliphatic carbocycles. The third-order valence-electron chi connectivity index (χ3n) is 7.14. The Kier molecular flexibility index (Phi) is 6.95. The number of hydrogen-bond acceptors (Lipinski definition) is 5. The first-order valence-corrected chi connectivity index (χ1v) is 13.4. The monoisotopic (exact) mass is 564 g/mol. The lowest BCUT2D eigenvalue weighted by Gasteiger charge is -2.26. The minimum absolute atomic E-state index is 0.252. The van der Waals surface area contributed by atoms with Gasteiger partial charge in [0.2, 0.25) is 0 Å². The molecule has 2 aliphatic rings. The number of benzene rings is 1. The largest absolute Gasteiger partial charge is 0.481 e. The molecule has 1 aromatic carbocycles. The van der Waals surface area contributed by atoms with Gasteiger partial charge in [0.15, 0.2) is 5.52 Å². The maximum atomic E-state index is 13.4. The SMILES string of the molecule is CC#CC(=O)N(c1ccc2c(n1)c(O[C@H]1CCC[C@H](C(=O)O)C1)nn2C)c1cc(C)c(Br)cc1C1CC1. The van der Waals surface area contributed by atoms with Crippen molar-refractivity contribution in [3.05, 3.63) is 39.9 Å². The topological polar surface area (TPSA) is 97.6 Å². The van der Waals surface area contributed by atoms with Crippen molar-refractivity contribution < 1.29 is 19.4 Å². The Morgan fingerprint density at radius 3 is 2.70 bits per heavy atom. The van der Waals surface area contributed by atoms with E-state index in [1.807, 2.05) is 26.1 Å². The summed E-state index contributed by atoms with van der Waals surface area (Å²) >= 11 is 3.64. The average Bonchev–Trinajstić information content (AvgIpc) is 3.67. The van der Waals surface area contributed by atoms with Crippen LogP contribution in [0.1, 0.15) is 62.5 Å². The van der Waals surface area contributed by atoms with E-state index in [9.17, 15) is 14.7 Å². The maximum absolute atomic E-state index is 13.4. The maximum Gasteiger partial charge on any atom is 0.308 e. The molecular formula is C28H29BrN4O4. The fourth-order valence-electron chi connectivity index (χ4n) is 5.03. The second-order valence-corrected chi connectivity index (χ2v) is 10.7. The Morgan fingerprint density at radius 2 is 2.00 bits per heavy atom. The van der Waals surface area contributed by atoms with Gasteiger partial charge in [-0.3, -0.25) is 19.2 Å². The average molecular weight is 565 g/mol. The smallest absolute Gasteiger partial charge is 0.308 e. The minimum Gasteiger partial charge on any atom is -0.481 e. The molecule has 2 aromatic heterocycles. The minimum atomic E-state index is -0.790. The summed E-state index contributed by atoms with van der Waals surface area (Å²) in [5, 5.41) is 14.0. The summed E-state index contributed by atoms with van der Waals surface area (Å²) in [4.78, 5) is 31.4. The molecule has 0 bridgehead atoms. The summed E-state index contributed by atoms with van der Waals surface area (Å²) in [5.74, 6) is 5.03. The second-order valence-electron chi connectivity index (χ2n) is 9.86. The predicted molar refractivity (Wildman–Crippen MR) is 144 cm³/mol. The highest BCUT2D eigenvalue weighted by Gasteiger charge is 2.32. The molecular weight excluding hydrogens is 536 g/mol. The molecule has 5 rings (SSSR count). The fourth-order valence-corrected chi connectivity index (χ4v) is 5.39. The van der Waals surface area contributed by atoms with Gasteiger partial charge in [0.1, 0.15) is 11.9 Å². The van der Waals surface area contributed by atoms with E-state index >= 15 is 0 Å². The van der Waals surface area contributed by atoms with Crippen molar-refractivity contribution in [3.63, 3.8) is 0 Å². The molecule has 2 heterocycles. The van der Waals surface area contributed by atoms with Crippen molar-refractivity contribution >= 4 is 50.3 Å². The first-order valence-electron chi connectivity index (χ1n) is 12.6. The number of aliphatic carboxylic acids is 1. The van der Waals surface area contributed by atoms with Crippen LogP contribution in [0.5, 0.6) is 5.88 Å². The Hall–Kier alpha value is -3.38. The Balaban J connectivity index is 1.58. The molecule has 37 heavy (non-hydrogen) atoms. The van der Waals surface area contributed by atoms with Crippen LogP contribution in [0.2, 0.25) is 0 Å². The highest BCUT2D eigenvalue weighted by atomic mass is 79.9. The van der Waals surface area contributed by atoms with Crippen molar-refractivity contribution in [1.29, 1.82) is 0 Å². The number of hydrogen-bond donors (Lipinski definition) is 1. The zero-order chi connectivity index (χ0) is 26.3. The molecule has 2 atom stereocenters. The van der Waals surface area contributed by atoms with Crippen molar-refractivity contribution in [1.82, 2.24) is 14.8 Å². The predicted octanol–water partition coefficient (Wildman–Crippen LogP) is 5.63. The molecule has 1 amide bonds. The summed E-state index contributed by atoms with van der Waals surface area (Å²) in [6, 6.07) is 7.79. The standard InChI is InChI=1S/C28H29BrN4O4/c1-4-6-25(34)33(23-13-16(2)21(29)15-20(23)17-9-10-17)24-12-11-22-26(30-24)27(31-32(22)3)37-19-8-5-7-18(14-19)28(35)36/h11-13,15,17-19H,5,7-10,14H2,1-3H3,(H,35,36)/t18-,19-/m0/s1. The summed E-state index contributed by atoms with van der Waals surface area (Å²) in [6.07, 6.45) is 4.55. The molecule has 3 aromatic rings. The normalized spacial score (nSPS) is 19.2. The lowest BCUT2D eigenvalue weighted by Crippen LogP contribution is -2.29. The second kappa shape index (κ2) is 10.2. The highest BCUT2D eigenvalue weighted by Crippen LogP contribution is 2.47. The summed E-state index contributed by atoms with van der Waals surface area (Å²) in [7, 11) is 1.81. The van der Waals surface area contributed by atoms with Crippen LogP contribution in [0.15, 0.2) is 28.7 Å². The third-order valence-corrected chi connectivity index (χ3v) is 7.99. The number of carbonyl (C=O) groups excluding carboxylic acids is 1. The van der Waals surface area contributed by atoms with Gasteiger partial charge in [0.25, 0.3) is 5.88 Å². The van der Waals surface area contributed by atoms with E-state index in [-0.39, 0.29) is 12.0 Å². The fraction of sp³-hybridized carbons (Fsp3) is 0.429. The molecule has 1 N–H and O–H groups in total. The van der Waals surface area contributed by atoms with E-state index in [1.165, 1.54) is 0 Å². The van der Waals surface area contributed by atoms with Gasteiger partial charge in [0.05, 0.1) is 17.1 Å². The van der Waals surface area contributed by atoms with E-state index in [4.69, 9.17) is 9.72 Å². The van der Waals surface area contributed by atoms with Crippen LogP contribution in [-0.4, -0.2) is 37.9 Å². The molecule has 192 valence electrons. The van der Waals surface area contributed by atoms with Crippen LogP contribution in [0.25, 0.3) is 11.0 Å². The number of fused-ring (bicyclic) bond motifs is 1. The molecule has 0 radical (unpaired) electrons. The van der Waals surface area contributed by atoms with Gasteiger partial charge in [-0.1, -0.05) is 21.9 Å². The zero-order valence-electron chi connectivity index (χ0n) is 21.1. The summed E-state index contributed by atoms with van der Waals surface area (Å²) in [5.41, 5.74) is 4.17. The Morgan fingerprint density at radius 1 is 1.22 bits per heavy atom. The molecule has 0 aliphatic heterocycles. The van der Waals surface area contributed by atoms with Gasteiger partial charge in [-0.05, 0) is 99.6 Å². The van der Waals surface area contributed by atoms with E-state index < -0.39 is 11.9 Å². The zero-order valence-corrected chi connectivity index (χ0v) is 22.7. The van der Waals surface area contributed by atoms with Crippen LogP contribution in [0.3, 0.4) is 0 Å². The number of carboxylic acids is 1. The molecule has 2 fully saturated rings. The van der Waals surface area contributed by atoms with Crippen LogP contribution >= 0.6 is 15.9 Å². The highest BCUT2D eigenvalue weighted by molar-refractivity contribution is 9.10. The molecule has 8 nitrogen and oxygen atoms in total. The number of amides is 1. The first-order chi connectivity index (χ1) is 17.8. The Bertz CT molecular complexity index is 1450. The summed E-state index contributed by atoms with van der Waals surface area (Å²) in [6.45, 7) is 3.64. The van der Waals surface area contributed by atoms with Gasteiger partial charge >= 0.3 is 11.9 Å². The van der Waals surface area contributed by atoms with E-state index in [0.29, 0.717) is 36.0 Å². The van der Waals surface area contributed by atoms with E-state index in [0.717, 1.165) is 52.5 Å². The van der Waals surface area contributed by atoms with Crippen molar-refractivity contribution in [2.24, 2.45) is 13.0 Å². The number of rotatable bonds is 6. The van der Waals surface area contributed by atoms with Gasteiger partial charge < -0.3 is 9.84 Å². The van der Waals surface area contributed by atoms with Gasteiger partial charge in [-0.2, -0.15) is 0 Å². The third kappa shape index (κ3) is 5.08. The lowest BCUT2D eigenvalue weighted by atomic mass is 9.87. The molecule has 9 heteroatoms. The Labute approximate surface area is 224 Å². The number of anilines is 2. The number of nitrogens with zero attached hydrogens (tertiary/aromatic N) is 4. The van der Waals surface area contributed by atoms with E-state index in [2.05, 4.69) is 38.9 Å². The number of ether oxygens (including phenoxy) is 1. The number of pyridine rings is 1. The van der Waals surface area contributed by atoms with Crippen molar-refractivity contribution in [2.75, 3.05) is 4.90 Å². The van der Waals surface area contributed by atoms with Gasteiger partial charge in [-0.25, -0.2) is 4.98 Å². The molecule has 2 saturated carbocycles. The van der Waals surface area contributed by atoms with Crippen molar-refractivity contribution in [2.45, 2.75) is 64.4 Å². The quantitative estimate of drug-likeness (QED) is 0.390. The number of aryl methyl sites for hydroxylation is 2. The van der Waals surface area contributed by atoms with Crippen LogP contribution in [0.4, 0.5) is 11.5 Å². The van der Waals surface area contributed by atoms with Crippen molar-refractivity contribution in [3.8, 4) is 17.7 Å². The number of carboxylic acid groups (broad SMARTS) is 1. The van der Waals surface area contributed by atoms with Gasteiger partial charge in [-0.15, -0.1) is 5.10 Å². The van der Waals surface area contributed by atoms with Crippen LogP contribution in [0, 0.1) is 24.7 Å². The number of aromatic nitrogens is 3. The molecule has 0 spiro atoms. The van der Waals surface area contributed by atoms with Crippen LogP contribution < -0.4 is 9.64 Å². The molecule has 0 saturated heterocycles. The lowest BCUT2D eigenvalue weighted by molar-refractivity contribution is -0.143. The summed E-state index contributed by atoms with van der Waals surface area (Å²) < 4.78 is 8.93. The first kappa shape index (κ1) is 25.3. The van der Waals surface area contributed by atoms with Crippen LogP contribution in [-0.2, 0) is 16.6 Å². The van der Waals surface area contributed by atoms with E-state index in [1.54, 1.807) is 22.6 Å². The number of carbonyl (C=O) groups is 2. The van der Waals surface area contributed by atoms with Gasteiger partial charge in [0, 0.05) is 11.5 Å².